The predicted octanol–water partition coefficient (Wildman–Crippen LogP) is 4.44. The molecule has 0 aliphatic heterocycles. The van der Waals surface area contributed by atoms with Crippen molar-refractivity contribution in [2.75, 3.05) is 0 Å². The van der Waals surface area contributed by atoms with Crippen molar-refractivity contribution in [2.45, 2.75) is 10.5 Å². The summed E-state index contributed by atoms with van der Waals surface area (Å²) in [5, 5.41) is 6.36. The molecule has 3 rings (SSSR count). The zero-order valence-electron chi connectivity index (χ0n) is 13.4. The van der Waals surface area contributed by atoms with Crippen LogP contribution in [0, 0.1) is 0 Å². The Hall–Kier alpha value is -0.464. The first-order chi connectivity index (χ1) is 12.1. The van der Waals surface area contributed by atoms with Crippen molar-refractivity contribution in [3.8, 4) is 0 Å². The third-order valence-electron chi connectivity index (χ3n) is 4.50. The zero-order valence-corrected chi connectivity index (χ0v) is 19.2. The Labute approximate surface area is 178 Å². The summed E-state index contributed by atoms with van der Waals surface area (Å²) in [5.41, 5.74) is 0. The van der Waals surface area contributed by atoms with Crippen molar-refractivity contribution < 1.29 is 0 Å². The maximum atomic E-state index is 6.16. The molecule has 25 heavy (non-hydrogen) atoms. The molecule has 0 atom stereocenters. The first-order valence-electron chi connectivity index (χ1n) is 7.95. The molecule has 0 N–H and O–H groups in total. The van der Waals surface area contributed by atoms with Crippen LogP contribution in [0.15, 0.2) is 72.8 Å². The van der Waals surface area contributed by atoms with Crippen molar-refractivity contribution in [1.82, 2.24) is 0 Å². The second kappa shape index (κ2) is 8.48. The first-order valence-corrected chi connectivity index (χ1v) is 13.1. The molecule has 0 saturated carbocycles. The van der Waals surface area contributed by atoms with Crippen molar-refractivity contribution >= 4 is 80.7 Å². The second-order valence-electron chi connectivity index (χ2n) is 5.90. The molecule has 0 aliphatic carbocycles. The summed E-state index contributed by atoms with van der Waals surface area (Å²) in [5.74, 6) is 0. The summed E-state index contributed by atoms with van der Waals surface area (Å²) in [4.78, 5) is 0. The molecule has 0 heterocycles. The van der Waals surface area contributed by atoms with E-state index < -0.39 is 8.07 Å². The van der Waals surface area contributed by atoms with Crippen LogP contribution in [0.1, 0.15) is 0 Å². The SMILES string of the molecule is Clc1ccc([Si](CC[TeH])(c2ccc(Cl)cc2)c2ccc(Cl)cc2)cc1. The third-order valence-corrected chi connectivity index (χ3v) is 12.1. The maximum absolute atomic E-state index is 6.16. The summed E-state index contributed by atoms with van der Waals surface area (Å²) >= 11 is 20.3. The van der Waals surface area contributed by atoms with Gasteiger partial charge >= 0.3 is 179 Å². The van der Waals surface area contributed by atoms with Crippen LogP contribution < -0.4 is 15.6 Å². The molecule has 128 valence electrons. The van der Waals surface area contributed by atoms with Crippen molar-refractivity contribution in [3.63, 3.8) is 0 Å². The molecule has 3 aromatic carbocycles. The van der Waals surface area contributed by atoms with Gasteiger partial charge in [0.05, 0.1) is 0 Å². The van der Waals surface area contributed by atoms with E-state index >= 15 is 0 Å². The topological polar surface area (TPSA) is 0 Å². The molecular weight excluding hydrogens is 502 g/mol. The summed E-state index contributed by atoms with van der Waals surface area (Å²) in [6, 6.07) is 26.2. The minimum absolute atomic E-state index is 0.763. The Kier molecular flexibility index (Phi) is 6.55. The van der Waals surface area contributed by atoms with E-state index in [2.05, 4.69) is 36.4 Å². The van der Waals surface area contributed by atoms with Gasteiger partial charge in [-0.2, -0.15) is 0 Å². The molecule has 0 fully saturated rings. The van der Waals surface area contributed by atoms with Gasteiger partial charge < -0.3 is 0 Å². The van der Waals surface area contributed by atoms with Gasteiger partial charge in [-0.1, -0.05) is 0 Å². The molecule has 0 radical (unpaired) electrons. The summed E-state index contributed by atoms with van der Waals surface area (Å²) in [7, 11) is -2.16. The van der Waals surface area contributed by atoms with Crippen molar-refractivity contribution in [3.05, 3.63) is 87.9 Å². The summed E-state index contributed by atoms with van der Waals surface area (Å²) < 4.78 is 1.15. The number of benzene rings is 3. The van der Waals surface area contributed by atoms with Gasteiger partial charge in [0.1, 0.15) is 0 Å². The molecule has 0 amide bonds. The van der Waals surface area contributed by atoms with Gasteiger partial charge in [0.25, 0.3) is 0 Å². The molecule has 0 aromatic heterocycles. The number of hydrogen-bond donors (Lipinski definition) is 0. The second-order valence-corrected chi connectivity index (χ2v) is 12.5. The Morgan fingerprint density at radius 2 is 0.840 bits per heavy atom. The van der Waals surface area contributed by atoms with Crippen molar-refractivity contribution in [1.29, 1.82) is 0 Å². The van der Waals surface area contributed by atoms with E-state index in [1.807, 2.05) is 58.7 Å². The Morgan fingerprint density at radius 3 is 1.08 bits per heavy atom. The van der Waals surface area contributed by atoms with Crippen LogP contribution in [0.4, 0.5) is 0 Å². The number of hydrogen-bond acceptors (Lipinski definition) is 0. The summed E-state index contributed by atoms with van der Waals surface area (Å²) in [6.45, 7) is 0. The Morgan fingerprint density at radius 1 is 0.560 bits per heavy atom. The van der Waals surface area contributed by atoms with Crippen molar-refractivity contribution in [2.24, 2.45) is 0 Å². The molecule has 0 bridgehead atoms. The molecular formula is C20H17Cl3SiTe. The average Bonchev–Trinajstić information content (AvgIpc) is 2.62. The molecule has 0 unspecified atom stereocenters. The first kappa shape index (κ1) is 19.3. The van der Waals surface area contributed by atoms with Gasteiger partial charge in [0, 0.05) is 0 Å². The monoisotopic (exact) mass is 520 g/mol. The standard InChI is InChI=1S/C20H17Cl3SiTe/c21-15-1-7-18(8-2-15)24(13-14-25,19-9-3-16(22)4-10-19)20-11-5-17(23)6-12-20/h1-12,25H,13-14H2. The van der Waals surface area contributed by atoms with E-state index in [0.717, 1.165) is 25.6 Å². The minimum atomic E-state index is -2.16. The molecule has 0 aliphatic rings. The van der Waals surface area contributed by atoms with E-state index in [1.54, 1.807) is 0 Å². The van der Waals surface area contributed by atoms with Gasteiger partial charge in [0.15, 0.2) is 0 Å². The van der Waals surface area contributed by atoms with Crippen LogP contribution in [0.3, 0.4) is 0 Å². The van der Waals surface area contributed by atoms with E-state index in [9.17, 15) is 0 Å². The van der Waals surface area contributed by atoms with Crippen LogP contribution in [0.25, 0.3) is 0 Å². The fraction of sp³-hybridized carbons (Fsp3) is 0.100. The van der Waals surface area contributed by atoms with Gasteiger partial charge in [-0.15, -0.1) is 0 Å². The number of rotatable bonds is 5. The van der Waals surface area contributed by atoms with Gasteiger partial charge in [-0.3, -0.25) is 0 Å². The third kappa shape index (κ3) is 4.11. The fourth-order valence-electron chi connectivity index (χ4n) is 3.30. The van der Waals surface area contributed by atoms with Gasteiger partial charge in [-0.25, -0.2) is 0 Å². The molecule has 3 aromatic rings. The molecule has 0 saturated heterocycles. The molecule has 0 spiro atoms. The van der Waals surface area contributed by atoms with E-state index in [-0.39, 0.29) is 0 Å². The predicted molar refractivity (Wildman–Crippen MR) is 116 cm³/mol. The van der Waals surface area contributed by atoms with E-state index in [1.165, 1.54) is 15.6 Å². The van der Waals surface area contributed by atoms with Crippen LogP contribution in [-0.2, 0) is 0 Å². The molecule has 0 nitrogen and oxygen atoms in total. The molecule has 5 heteroatoms. The Bertz CT molecular complexity index is 719. The zero-order chi connectivity index (χ0) is 17.9. The van der Waals surface area contributed by atoms with Crippen LogP contribution >= 0.6 is 34.8 Å². The van der Waals surface area contributed by atoms with E-state index in [4.69, 9.17) is 34.8 Å². The van der Waals surface area contributed by atoms with E-state index in [0.29, 0.717) is 0 Å². The summed E-state index contributed by atoms with van der Waals surface area (Å²) in [6.07, 6.45) is 0. The Balaban J connectivity index is 2.28. The van der Waals surface area contributed by atoms with Crippen LogP contribution in [0.2, 0.25) is 25.6 Å². The number of halogens is 3. The van der Waals surface area contributed by atoms with Gasteiger partial charge in [0.2, 0.25) is 0 Å². The van der Waals surface area contributed by atoms with Gasteiger partial charge in [-0.05, 0) is 0 Å². The normalized spacial score (nSPS) is 11.5. The fourth-order valence-corrected chi connectivity index (χ4v) is 11.0. The van der Waals surface area contributed by atoms with Crippen LogP contribution in [-0.4, -0.2) is 30.4 Å². The van der Waals surface area contributed by atoms with Crippen LogP contribution in [0.5, 0.6) is 0 Å². The average molecular weight is 519 g/mol. The quantitative estimate of drug-likeness (QED) is 0.346.